The zero-order chi connectivity index (χ0) is 25.1. The van der Waals surface area contributed by atoms with Crippen LogP contribution in [0.15, 0.2) is 35.3 Å². The number of carboxylic acid groups (broad SMARTS) is 1. The van der Waals surface area contributed by atoms with E-state index < -0.39 is 18.1 Å². The fourth-order valence-corrected chi connectivity index (χ4v) is 4.76. The van der Waals surface area contributed by atoms with Crippen molar-refractivity contribution >= 4 is 29.4 Å². The summed E-state index contributed by atoms with van der Waals surface area (Å²) in [7, 11) is 1.76. The van der Waals surface area contributed by atoms with Crippen molar-refractivity contribution < 1.29 is 19.7 Å². The first-order valence-electron chi connectivity index (χ1n) is 12.1. The lowest BCUT2D eigenvalue weighted by atomic mass is 10.00. The molecule has 1 aromatic carbocycles. The number of hydrogen-bond donors (Lipinski definition) is 3. The lowest BCUT2D eigenvalue weighted by molar-refractivity contribution is -0.142. The van der Waals surface area contributed by atoms with Crippen LogP contribution < -0.4 is 10.9 Å². The minimum atomic E-state index is -1.07. The Morgan fingerprint density at radius 2 is 2.00 bits per heavy atom. The van der Waals surface area contributed by atoms with Crippen LogP contribution in [0.3, 0.4) is 0 Å². The van der Waals surface area contributed by atoms with Gasteiger partial charge in [0.1, 0.15) is 11.9 Å². The Hall–Kier alpha value is -2.72. The van der Waals surface area contributed by atoms with Gasteiger partial charge >= 0.3 is 5.97 Å². The molecule has 10 heteroatoms. The number of aryl methyl sites for hydroxylation is 2. The summed E-state index contributed by atoms with van der Waals surface area (Å²) >= 11 is 0. The van der Waals surface area contributed by atoms with E-state index in [1.807, 2.05) is 31.3 Å². The molecule has 3 heterocycles. The first-order chi connectivity index (χ1) is 16.7. The lowest BCUT2D eigenvalue weighted by Gasteiger charge is -2.23. The molecule has 3 N–H and O–H groups in total. The highest BCUT2D eigenvalue weighted by Crippen LogP contribution is 2.29. The van der Waals surface area contributed by atoms with Crippen molar-refractivity contribution in [3.63, 3.8) is 0 Å². The van der Waals surface area contributed by atoms with E-state index in [9.17, 15) is 19.8 Å². The van der Waals surface area contributed by atoms with E-state index in [0.717, 1.165) is 60.6 Å². The summed E-state index contributed by atoms with van der Waals surface area (Å²) in [5.41, 5.74) is 4.47. The highest BCUT2D eigenvalue weighted by molar-refractivity contribution is 5.85. The average Bonchev–Trinajstić information content (AvgIpc) is 3.17. The Bertz CT molecular complexity index is 1240. The molecule has 3 aromatic rings. The van der Waals surface area contributed by atoms with Crippen molar-refractivity contribution in [3.8, 4) is 11.4 Å². The van der Waals surface area contributed by atoms with Gasteiger partial charge in [0.25, 0.3) is 5.56 Å². The van der Waals surface area contributed by atoms with E-state index in [1.54, 1.807) is 11.6 Å². The number of fused-ring (bicyclic) bond motifs is 1. The molecule has 0 amide bonds. The molecule has 2 atom stereocenters. The molecule has 196 valence electrons. The number of nitrogens with zero attached hydrogens (tertiary/aromatic N) is 3. The van der Waals surface area contributed by atoms with Crippen LogP contribution in [0.4, 0.5) is 0 Å². The predicted molar refractivity (Wildman–Crippen MR) is 141 cm³/mol. The summed E-state index contributed by atoms with van der Waals surface area (Å²) in [5.74, 6) is 0.255. The Balaban J connectivity index is 0.00000361. The second kappa shape index (κ2) is 12.0. The fraction of sp³-hybridized carbons (Fsp3) is 0.500. The van der Waals surface area contributed by atoms with Crippen molar-refractivity contribution in [1.82, 2.24) is 19.4 Å². The number of aliphatic hydroxyl groups is 1. The number of pyridine rings is 1. The monoisotopic (exact) mass is 518 g/mol. The minimum Gasteiger partial charge on any atom is -0.480 e. The van der Waals surface area contributed by atoms with Gasteiger partial charge in [0.05, 0.1) is 17.1 Å². The SMILES string of the molecule is Cc1cc(-c2nc3cc(CCN[C@H](C(=O)O)[C@@H](C)O)ccc3n2CC2CCOCC2)cn(C)c1=O.Cl. The van der Waals surface area contributed by atoms with Crippen LogP contribution in [0.25, 0.3) is 22.4 Å². The molecule has 1 fully saturated rings. The lowest BCUT2D eigenvalue weighted by Crippen LogP contribution is -2.45. The van der Waals surface area contributed by atoms with E-state index in [-0.39, 0.29) is 18.0 Å². The topological polar surface area (TPSA) is 119 Å². The summed E-state index contributed by atoms with van der Waals surface area (Å²) in [4.78, 5) is 28.6. The van der Waals surface area contributed by atoms with E-state index in [2.05, 4.69) is 16.0 Å². The summed E-state index contributed by atoms with van der Waals surface area (Å²) in [6.45, 7) is 6.07. The van der Waals surface area contributed by atoms with Gasteiger partial charge in [0.2, 0.25) is 0 Å². The normalized spacial score (nSPS) is 16.0. The van der Waals surface area contributed by atoms with Gasteiger partial charge in [-0.2, -0.15) is 0 Å². The quantitative estimate of drug-likeness (QED) is 0.398. The average molecular weight is 519 g/mol. The maximum atomic E-state index is 12.3. The van der Waals surface area contributed by atoms with E-state index >= 15 is 0 Å². The molecular weight excluding hydrogens is 484 g/mol. The van der Waals surface area contributed by atoms with Crippen LogP contribution in [-0.4, -0.2) is 62.2 Å². The van der Waals surface area contributed by atoms with Gasteiger partial charge in [-0.1, -0.05) is 6.07 Å². The van der Waals surface area contributed by atoms with Gasteiger partial charge in [-0.15, -0.1) is 12.4 Å². The molecule has 0 spiro atoms. The summed E-state index contributed by atoms with van der Waals surface area (Å²) in [6.07, 6.45) is 3.47. The molecule has 1 aliphatic heterocycles. The number of benzene rings is 1. The molecule has 0 unspecified atom stereocenters. The minimum absolute atomic E-state index is 0. The van der Waals surface area contributed by atoms with Gasteiger partial charge in [-0.25, -0.2) is 4.98 Å². The molecule has 0 bridgehead atoms. The molecule has 36 heavy (non-hydrogen) atoms. The van der Waals surface area contributed by atoms with Crippen LogP contribution in [0.1, 0.15) is 30.9 Å². The van der Waals surface area contributed by atoms with Crippen molar-refractivity contribution in [2.45, 2.75) is 51.8 Å². The Labute approximate surface area is 216 Å². The maximum Gasteiger partial charge on any atom is 0.323 e. The van der Waals surface area contributed by atoms with Crippen LogP contribution in [0.2, 0.25) is 0 Å². The van der Waals surface area contributed by atoms with E-state index in [1.165, 1.54) is 6.92 Å². The standard InChI is InChI=1S/C26H34N4O5.ClH/c1-16-12-20(15-29(3)25(16)32)24-28-21-13-18(6-9-27-23(17(2)31)26(33)34)4-5-22(21)30(24)14-19-7-10-35-11-8-19;/h4-5,12-13,15,17,19,23,27,31H,6-11,14H2,1-3H3,(H,33,34);1H/t17-,23+;/m1./s1. The number of hydrogen-bond acceptors (Lipinski definition) is 6. The summed E-state index contributed by atoms with van der Waals surface area (Å²) in [6, 6.07) is 7.04. The number of carbonyl (C=O) groups is 1. The Morgan fingerprint density at radius 3 is 2.64 bits per heavy atom. The molecule has 0 saturated carbocycles. The number of aromatic nitrogens is 3. The number of aliphatic hydroxyl groups excluding tert-OH is 1. The second-order valence-corrected chi connectivity index (χ2v) is 9.51. The molecule has 9 nitrogen and oxygen atoms in total. The zero-order valence-electron chi connectivity index (χ0n) is 20.9. The first kappa shape index (κ1) is 27.9. The highest BCUT2D eigenvalue weighted by Gasteiger charge is 2.23. The van der Waals surface area contributed by atoms with Crippen molar-refractivity contribution in [3.05, 3.63) is 51.9 Å². The van der Waals surface area contributed by atoms with Crippen LogP contribution in [0.5, 0.6) is 0 Å². The molecule has 0 aliphatic carbocycles. The number of carboxylic acids is 1. The molecule has 4 rings (SSSR count). The molecule has 1 aliphatic rings. The predicted octanol–water partition coefficient (Wildman–Crippen LogP) is 2.52. The molecule has 0 radical (unpaired) electrons. The third-order valence-electron chi connectivity index (χ3n) is 6.74. The van der Waals surface area contributed by atoms with Gasteiger partial charge in [-0.3, -0.25) is 9.59 Å². The Kier molecular flexibility index (Phi) is 9.30. The van der Waals surface area contributed by atoms with Crippen LogP contribution in [-0.2, 0) is 29.5 Å². The zero-order valence-corrected chi connectivity index (χ0v) is 21.8. The number of halogens is 1. The number of ether oxygens (including phenoxy) is 1. The van der Waals surface area contributed by atoms with Crippen molar-refractivity contribution in [1.29, 1.82) is 0 Å². The molecule has 1 saturated heterocycles. The second-order valence-electron chi connectivity index (χ2n) is 9.51. The number of imidazole rings is 1. The summed E-state index contributed by atoms with van der Waals surface area (Å²) < 4.78 is 9.39. The van der Waals surface area contributed by atoms with Crippen LogP contribution in [0, 0.1) is 12.8 Å². The fourth-order valence-electron chi connectivity index (χ4n) is 4.76. The van der Waals surface area contributed by atoms with Crippen molar-refractivity contribution in [2.75, 3.05) is 19.8 Å². The largest absolute Gasteiger partial charge is 0.480 e. The molecular formula is C26H35ClN4O5. The van der Waals surface area contributed by atoms with Gasteiger partial charge in [0.15, 0.2) is 0 Å². The number of aliphatic carboxylic acids is 1. The van der Waals surface area contributed by atoms with E-state index in [0.29, 0.717) is 24.4 Å². The smallest absolute Gasteiger partial charge is 0.323 e. The highest BCUT2D eigenvalue weighted by atomic mass is 35.5. The van der Waals surface area contributed by atoms with E-state index in [4.69, 9.17) is 9.72 Å². The third-order valence-corrected chi connectivity index (χ3v) is 6.74. The number of nitrogens with one attached hydrogen (secondary N) is 1. The number of rotatable bonds is 9. The van der Waals surface area contributed by atoms with Gasteiger partial charge in [0, 0.05) is 50.7 Å². The van der Waals surface area contributed by atoms with Gasteiger partial charge in [-0.05, 0) is 62.8 Å². The van der Waals surface area contributed by atoms with Crippen molar-refractivity contribution in [2.24, 2.45) is 13.0 Å². The third kappa shape index (κ3) is 6.15. The molecule has 2 aromatic heterocycles. The maximum absolute atomic E-state index is 12.3. The summed E-state index contributed by atoms with van der Waals surface area (Å²) in [5, 5.41) is 21.8. The Morgan fingerprint density at radius 1 is 1.28 bits per heavy atom. The first-order valence-corrected chi connectivity index (χ1v) is 12.1. The van der Waals surface area contributed by atoms with Crippen LogP contribution >= 0.6 is 12.4 Å². The van der Waals surface area contributed by atoms with Gasteiger partial charge < -0.3 is 29.4 Å².